The summed E-state index contributed by atoms with van der Waals surface area (Å²) in [5.74, 6) is 0. The minimum Gasteiger partial charge on any atom is -0.143 e. The van der Waals surface area contributed by atoms with Crippen molar-refractivity contribution in [1.82, 2.24) is 0 Å². The quantitative estimate of drug-likeness (QED) is 0.518. The van der Waals surface area contributed by atoms with Gasteiger partial charge in [-0.3, -0.25) is 0 Å². The molecule has 0 amide bonds. The first-order valence-electron chi connectivity index (χ1n) is 4.64. The third-order valence-corrected chi connectivity index (χ3v) is 2.29. The zero-order valence-electron chi connectivity index (χ0n) is 9.11. The Morgan fingerprint density at radius 1 is 1.14 bits per heavy atom. The van der Waals surface area contributed by atoms with Crippen molar-refractivity contribution in [1.29, 1.82) is 0 Å². The van der Waals surface area contributed by atoms with Crippen LogP contribution in [0.3, 0.4) is 0 Å². The second kappa shape index (κ2) is 4.60. The first kappa shape index (κ1) is 11.2. The van der Waals surface area contributed by atoms with Crippen LogP contribution in [0.4, 0.5) is 5.69 Å². The summed E-state index contributed by atoms with van der Waals surface area (Å²) in [5.41, 5.74) is 2.11. The van der Waals surface area contributed by atoms with Gasteiger partial charge in [0.05, 0.1) is 5.69 Å². The number of nitrogens with zero attached hydrogens (tertiary/aromatic N) is 2. The molecule has 0 saturated carbocycles. The summed E-state index contributed by atoms with van der Waals surface area (Å²) in [5, 5.41) is 4.18. The van der Waals surface area contributed by atoms with E-state index in [4.69, 9.17) is 0 Å². The van der Waals surface area contributed by atoms with E-state index in [2.05, 4.69) is 30.4 Å². The van der Waals surface area contributed by atoms with Gasteiger partial charge in [0.25, 0.3) is 0 Å². The molecule has 0 N–H and O–H groups in total. The van der Waals surface area contributed by atoms with Crippen LogP contribution < -0.4 is 0 Å². The molecule has 1 aromatic carbocycles. The van der Waals surface area contributed by atoms with Crippen molar-refractivity contribution in [3.05, 3.63) is 29.8 Å². The van der Waals surface area contributed by atoms with Gasteiger partial charge in [-0.2, -0.15) is 0 Å². The molecule has 1 aromatic rings. The Morgan fingerprint density at radius 3 is 2.36 bits per heavy atom. The van der Waals surface area contributed by atoms with E-state index in [0.29, 0.717) is 0 Å². The predicted octanol–water partition coefficient (Wildman–Crippen LogP) is 4.53. The van der Waals surface area contributed by atoms with E-state index < -0.39 is 0 Å². The van der Waals surface area contributed by atoms with Crippen LogP contribution in [0.15, 0.2) is 33.9 Å². The molecular formula is C11H16N2S. The lowest BCUT2D eigenvalue weighted by atomic mass is 10.2. The molecule has 0 aromatic heterocycles. The Morgan fingerprint density at radius 2 is 1.79 bits per heavy atom. The summed E-state index contributed by atoms with van der Waals surface area (Å²) in [4.78, 5) is 0. The maximum Gasteiger partial charge on any atom is 0.0892 e. The number of aryl methyl sites for hydroxylation is 1. The standard InChI is InChI=1S/C11H16N2S/c1-9-7-5-6-8-10(9)12-13-14-11(2,3)4/h5-8H,1-4H3. The van der Waals surface area contributed by atoms with Gasteiger partial charge in [0.1, 0.15) is 0 Å². The summed E-state index contributed by atoms with van der Waals surface area (Å²) < 4.78 is 4.25. The summed E-state index contributed by atoms with van der Waals surface area (Å²) in [6.07, 6.45) is 0. The Kier molecular flexibility index (Phi) is 3.69. The molecule has 0 fully saturated rings. The molecule has 0 aliphatic rings. The van der Waals surface area contributed by atoms with Crippen LogP contribution in [-0.2, 0) is 0 Å². The predicted molar refractivity (Wildman–Crippen MR) is 63.0 cm³/mol. The Bertz CT molecular complexity index is 326. The van der Waals surface area contributed by atoms with E-state index in [-0.39, 0.29) is 4.75 Å². The molecule has 0 bridgehead atoms. The fraction of sp³-hybridized carbons (Fsp3) is 0.455. The summed E-state index contributed by atoms with van der Waals surface area (Å²) in [7, 11) is 0. The highest BCUT2D eigenvalue weighted by Gasteiger charge is 2.09. The SMILES string of the molecule is Cc1ccccc1N=NSC(C)(C)C. The number of rotatable bonds is 2. The van der Waals surface area contributed by atoms with Crippen molar-refractivity contribution < 1.29 is 0 Å². The molecule has 0 heterocycles. The lowest BCUT2D eigenvalue weighted by Crippen LogP contribution is -2.04. The Hall–Kier alpha value is -0.830. The van der Waals surface area contributed by atoms with Crippen molar-refractivity contribution in [2.45, 2.75) is 32.4 Å². The van der Waals surface area contributed by atoms with Gasteiger partial charge >= 0.3 is 0 Å². The lowest BCUT2D eigenvalue weighted by molar-refractivity contribution is 0.802. The fourth-order valence-corrected chi connectivity index (χ4v) is 1.24. The van der Waals surface area contributed by atoms with Gasteiger partial charge < -0.3 is 0 Å². The summed E-state index contributed by atoms with van der Waals surface area (Å²) >= 11 is 1.50. The van der Waals surface area contributed by atoms with Gasteiger partial charge in [0, 0.05) is 16.7 Å². The van der Waals surface area contributed by atoms with Gasteiger partial charge in [-0.15, -0.1) is 9.63 Å². The van der Waals surface area contributed by atoms with Crippen molar-refractivity contribution in [3.63, 3.8) is 0 Å². The van der Waals surface area contributed by atoms with E-state index in [1.54, 1.807) is 0 Å². The molecule has 0 saturated heterocycles. The lowest BCUT2D eigenvalue weighted by Gasteiger charge is -2.11. The maximum absolute atomic E-state index is 4.18. The molecule has 0 aliphatic heterocycles. The minimum atomic E-state index is 0.131. The zero-order chi connectivity index (χ0) is 10.6. The molecule has 0 atom stereocenters. The molecule has 0 aliphatic carbocycles. The Balaban J connectivity index is 2.65. The van der Waals surface area contributed by atoms with E-state index in [1.165, 1.54) is 11.9 Å². The molecular weight excluding hydrogens is 192 g/mol. The largest absolute Gasteiger partial charge is 0.143 e. The molecule has 1 rings (SSSR count). The topological polar surface area (TPSA) is 24.7 Å². The van der Waals surface area contributed by atoms with Gasteiger partial charge in [-0.25, -0.2) is 0 Å². The molecule has 76 valence electrons. The smallest absolute Gasteiger partial charge is 0.0892 e. The third-order valence-electron chi connectivity index (χ3n) is 1.58. The number of hydrogen-bond acceptors (Lipinski definition) is 3. The van der Waals surface area contributed by atoms with Crippen molar-refractivity contribution in [2.24, 2.45) is 9.63 Å². The van der Waals surface area contributed by atoms with Gasteiger partial charge in [0.2, 0.25) is 0 Å². The maximum atomic E-state index is 4.18. The van der Waals surface area contributed by atoms with E-state index >= 15 is 0 Å². The summed E-state index contributed by atoms with van der Waals surface area (Å²) in [6.45, 7) is 8.40. The highest BCUT2D eigenvalue weighted by molar-refractivity contribution is 7.99. The van der Waals surface area contributed by atoms with Crippen molar-refractivity contribution >= 4 is 17.6 Å². The van der Waals surface area contributed by atoms with E-state index in [1.807, 2.05) is 31.2 Å². The number of hydrogen-bond donors (Lipinski definition) is 0. The molecule has 0 unspecified atom stereocenters. The number of benzene rings is 1. The molecule has 14 heavy (non-hydrogen) atoms. The normalized spacial score (nSPS) is 12.3. The molecule has 3 heteroatoms. The van der Waals surface area contributed by atoms with Crippen molar-refractivity contribution in [3.8, 4) is 0 Å². The second-order valence-electron chi connectivity index (χ2n) is 4.17. The second-order valence-corrected chi connectivity index (χ2v) is 5.74. The highest BCUT2D eigenvalue weighted by Crippen LogP contribution is 2.27. The van der Waals surface area contributed by atoms with E-state index in [0.717, 1.165) is 11.3 Å². The minimum absolute atomic E-state index is 0.131. The first-order valence-corrected chi connectivity index (χ1v) is 5.41. The van der Waals surface area contributed by atoms with Crippen molar-refractivity contribution in [2.75, 3.05) is 0 Å². The van der Waals surface area contributed by atoms with Crippen LogP contribution in [0.25, 0.3) is 0 Å². The fourth-order valence-electron chi connectivity index (χ4n) is 0.862. The molecule has 2 nitrogen and oxygen atoms in total. The van der Waals surface area contributed by atoms with E-state index in [9.17, 15) is 0 Å². The zero-order valence-corrected chi connectivity index (χ0v) is 9.93. The van der Waals surface area contributed by atoms with Gasteiger partial charge in [0.15, 0.2) is 0 Å². The van der Waals surface area contributed by atoms with Crippen LogP contribution in [0.1, 0.15) is 26.3 Å². The third kappa shape index (κ3) is 3.92. The highest BCUT2D eigenvalue weighted by atomic mass is 32.2. The first-order chi connectivity index (χ1) is 6.49. The molecule has 0 spiro atoms. The van der Waals surface area contributed by atoms with Crippen LogP contribution >= 0.6 is 11.9 Å². The van der Waals surface area contributed by atoms with Gasteiger partial charge in [-0.05, 0) is 39.3 Å². The van der Waals surface area contributed by atoms with Crippen LogP contribution in [-0.4, -0.2) is 4.75 Å². The average Bonchev–Trinajstić information content (AvgIpc) is 2.06. The monoisotopic (exact) mass is 208 g/mol. The van der Waals surface area contributed by atoms with Crippen LogP contribution in [0.2, 0.25) is 0 Å². The van der Waals surface area contributed by atoms with Gasteiger partial charge in [-0.1, -0.05) is 18.2 Å². The average molecular weight is 208 g/mol. The van der Waals surface area contributed by atoms with Crippen LogP contribution in [0, 0.1) is 6.92 Å². The Labute approximate surface area is 90.0 Å². The molecule has 0 radical (unpaired) electrons. The van der Waals surface area contributed by atoms with Crippen LogP contribution in [0.5, 0.6) is 0 Å². The summed E-state index contributed by atoms with van der Waals surface area (Å²) in [6, 6.07) is 7.99.